The van der Waals surface area contributed by atoms with Crippen molar-refractivity contribution in [2.45, 2.75) is 0 Å². The van der Waals surface area contributed by atoms with Crippen molar-refractivity contribution in [3.63, 3.8) is 0 Å². The van der Waals surface area contributed by atoms with Gasteiger partial charge in [-0.05, 0) is 6.07 Å². The quantitative estimate of drug-likeness (QED) is 0.577. The zero-order valence-electron chi connectivity index (χ0n) is 6.83. The van der Waals surface area contributed by atoms with Gasteiger partial charge in [0, 0.05) is 6.20 Å². The van der Waals surface area contributed by atoms with Gasteiger partial charge in [-0.3, -0.25) is 0 Å². The summed E-state index contributed by atoms with van der Waals surface area (Å²) in [5.74, 6) is -0.655. The van der Waals surface area contributed by atoms with E-state index in [1.807, 2.05) is 0 Å². The van der Waals surface area contributed by atoms with Crippen LogP contribution in [0.2, 0.25) is 10.2 Å². The largest absolute Gasteiger partial charge is 0.447 e. The van der Waals surface area contributed by atoms with Crippen LogP contribution < -0.4 is 0 Å². The molecule has 0 fully saturated rings. The highest BCUT2D eigenvalue weighted by molar-refractivity contribution is 6.41. The van der Waals surface area contributed by atoms with Gasteiger partial charge in [-0.1, -0.05) is 23.2 Å². The zero-order chi connectivity index (χ0) is 10.6. The van der Waals surface area contributed by atoms with Gasteiger partial charge in [0.1, 0.15) is 11.2 Å². The van der Waals surface area contributed by atoms with Crippen molar-refractivity contribution in [3.8, 4) is 6.07 Å². The number of pyridine rings is 1. The highest BCUT2D eigenvalue weighted by Gasteiger charge is 2.09. The molecule has 0 saturated carbocycles. The molecule has 0 aliphatic heterocycles. The van der Waals surface area contributed by atoms with E-state index in [2.05, 4.69) is 9.72 Å². The third-order valence-corrected chi connectivity index (χ3v) is 1.99. The summed E-state index contributed by atoms with van der Waals surface area (Å²) in [7, 11) is 0. The molecule has 1 aromatic rings. The lowest BCUT2D eigenvalue weighted by molar-refractivity contribution is 0.0554. The normalized spacial score (nSPS) is 9.21. The molecule has 0 unspecified atom stereocenters. The number of ether oxygens (including phenoxy) is 1. The Bertz CT molecular complexity index is 401. The molecule has 0 amide bonds. The smallest absolute Gasteiger partial charge is 0.340 e. The van der Waals surface area contributed by atoms with Crippen LogP contribution in [0.15, 0.2) is 12.3 Å². The zero-order valence-corrected chi connectivity index (χ0v) is 8.34. The third-order valence-electron chi connectivity index (χ3n) is 1.30. The molecule has 72 valence electrons. The number of esters is 1. The molecule has 6 heteroatoms. The van der Waals surface area contributed by atoms with Gasteiger partial charge in [0.25, 0.3) is 0 Å². The fraction of sp³-hybridized carbons (Fsp3) is 0.125. The van der Waals surface area contributed by atoms with Crippen molar-refractivity contribution in [3.05, 3.63) is 28.0 Å². The van der Waals surface area contributed by atoms with E-state index in [0.717, 1.165) is 0 Å². The van der Waals surface area contributed by atoms with Crippen molar-refractivity contribution in [1.29, 1.82) is 5.26 Å². The summed E-state index contributed by atoms with van der Waals surface area (Å²) in [6.07, 6.45) is 1.23. The molecule has 0 spiro atoms. The van der Waals surface area contributed by atoms with Gasteiger partial charge in [-0.15, -0.1) is 0 Å². The van der Waals surface area contributed by atoms with Gasteiger partial charge >= 0.3 is 5.97 Å². The van der Waals surface area contributed by atoms with Crippen molar-refractivity contribution < 1.29 is 9.53 Å². The molecule has 1 aromatic heterocycles. The van der Waals surface area contributed by atoms with Crippen LogP contribution in [0, 0.1) is 11.3 Å². The summed E-state index contributed by atoms with van der Waals surface area (Å²) in [5, 5.41) is 8.45. The fourth-order valence-corrected chi connectivity index (χ4v) is 0.984. The van der Waals surface area contributed by atoms with Crippen LogP contribution in [0.4, 0.5) is 0 Å². The number of carbonyl (C=O) groups is 1. The van der Waals surface area contributed by atoms with Crippen LogP contribution in [-0.2, 0) is 4.74 Å². The maximum Gasteiger partial charge on any atom is 0.340 e. The Labute approximate surface area is 90.0 Å². The Morgan fingerprint density at radius 3 is 2.93 bits per heavy atom. The predicted molar refractivity (Wildman–Crippen MR) is 50.2 cm³/mol. The van der Waals surface area contributed by atoms with E-state index in [9.17, 15) is 4.79 Å². The fourth-order valence-electron chi connectivity index (χ4n) is 0.714. The number of halogens is 2. The molecule has 0 aromatic carbocycles. The summed E-state index contributed by atoms with van der Waals surface area (Å²) in [6.45, 7) is -0.306. The summed E-state index contributed by atoms with van der Waals surface area (Å²) >= 11 is 11.2. The lowest BCUT2D eigenvalue weighted by Crippen LogP contribution is -2.05. The maximum atomic E-state index is 11.2. The first kappa shape index (κ1) is 10.8. The number of nitrogens with zero attached hydrogens (tertiary/aromatic N) is 2. The minimum Gasteiger partial charge on any atom is -0.447 e. The minimum atomic E-state index is -0.655. The predicted octanol–water partition coefficient (Wildman–Crippen LogP) is 2.07. The van der Waals surface area contributed by atoms with Gasteiger partial charge in [0.15, 0.2) is 6.61 Å². The van der Waals surface area contributed by atoms with Crippen molar-refractivity contribution >= 4 is 29.2 Å². The first-order chi connectivity index (χ1) is 6.65. The molecule has 1 rings (SSSR count). The summed E-state index contributed by atoms with van der Waals surface area (Å²) < 4.78 is 4.53. The first-order valence-electron chi connectivity index (χ1n) is 3.50. The van der Waals surface area contributed by atoms with Gasteiger partial charge in [-0.25, -0.2) is 9.78 Å². The third kappa shape index (κ3) is 2.59. The summed E-state index contributed by atoms with van der Waals surface area (Å²) in [5.41, 5.74) is 0.162. The van der Waals surface area contributed by atoms with Crippen LogP contribution in [0.25, 0.3) is 0 Å². The number of hydrogen-bond donors (Lipinski definition) is 0. The average Bonchev–Trinajstić information content (AvgIpc) is 2.18. The molecule has 1 heterocycles. The molecule has 4 nitrogen and oxygen atoms in total. The number of hydrogen-bond acceptors (Lipinski definition) is 4. The van der Waals surface area contributed by atoms with Gasteiger partial charge in [0.2, 0.25) is 0 Å². The Morgan fingerprint density at radius 2 is 2.36 bits per heavy atom. The molecular weight excluding hydrogens is 227 g/mol. The van der Waals surface area contributed by atoms with E-state index in [1.54, 1.807) is 6.07 Å². The monoisotopic (exact) mass is 230 g/mol. The lowest BCUT2D eigenvalue weighted by atomic mass is 10.3. The standard InChI is InChI=1S/C8H4Cl2N2O2/c9-6-3-5(4-12-7(6)10)8(13)14-2-1-11/h3-4H,2H2. The van der Waals surface area contributed by atoms with Gasteiger partial charge in [0.05, 0.1) is 10.6 Å². The molecule has 14 heavy (non-hydrogen) atoms. The Kier molecular flexibility index (Phi) is 3.69. The molecule has 0 atom stereocenters. The van der Waals surface area contributed by atoms with E-state index >= 15 is 0 Å². The van der Waals surface area contributed by atoms with Crippen molar-refractivity contribution in [1.82, 2.24) is 4.98 Å². The van der Waals surface area contributed by atoms with Crippen molar-refractivity contribution in [2.24, 2.45) is 0 Å². The molecule has 0 saturated heterocycles. The Hall–Kier alpha value is -1.31. The molecular formula is C8H4Cl2N2O2. The highest BCUT2D eigenvalue weighted by atomic mass is 35.5. The minimum absolute atomic E-state index is 0.114. The Morgan fingerprint density at radius 1 is 1.64 bits per heavy atom. The highest BCUT2D eigenvalue weighted by Crippen LogP contribution is 2.19. The van der Waals surface area contributed by atoms with Crippen molar-refractivity contribution in [2.75, 3.05) is 6.61 Å². The average molecular weight is 231 g/mol. The number of nitriles is 1. The number of carbonyl (C=O) groups excluding carboxylic acids is 1. The second-order valence-electron chi connectivity index (χ2n) is 2.23. The lowest BCUT2D eigenvalue weighted by Gasteiger charge is -2.00. The number of aromatic nitrogens is 1. The van der Waals surface area contributed by atoms with Crippen LogP contribution in [0.3, 0.4) is 0 Å². The first-order valence-corrected chi connectivity index (χ1v) is 4.26. The number of rotatable bonds is 2. The van der Waals surface area contributed by atoms with E-state index in [1.165, 1.54) is 12.3 Å². The molecule has 0 aliphatic rings. The van der Waals surface area contributed by atoms with Crippen LogP contribution >= 0.6 is 23.2 Å². The SMILES string of the molecule is N#CCOC(=O)c1cnc(Cl)c(Cl)c1. The summed E-state index contributed by atoms with van der Waals surface area (Å²) in [6, 6.07) is 3.00. The second kappa shape index (κ2) is 4.80. The maximum absolute atomic E-state index is 11.2. The molecule has 0 radical (unpaired) electrons. The van der Waals surface area contributed by atoms with E-state index in [0.29, 0.717) is 0 Å². The molecule has 0 aliphatic carbocycles. The molecule has 0 bridgehead atoms. The summed E-state index contributed by atoms with van der Waals surface area (Å²) in [4.78, 5) is 14.8. The second-order valence-corrected chi connectivity index (χ2v) is 3.00. The van der Waals surface area contributed by atoms with Gasteiger partial charge in [-0.2, -0.15) is 5.26 Å². The van der Waals surface area contributed by atoms with E-state index in [4.69, 9.17) is 28.5 Å². The Balaban J connectivity index is 2.82. The topological polar surface area (TPSA) is 63.0 Å². The van der Waals surface area contributed by atoms with Crippen LogP contribution in [0.5, 0.6) is 0 Å². The molecule has 0 N–H and O–H groups in total. The van der Waals surface area contributed by atoms with E-state index in [-0.39, 0.29) is 22.3 Å². The van der Waals surface area contributed by atoms with Crippen LogP contribution in [-0.4, -0.2) is 17.6 Å². The van der Waals surface area contributed by atoms with Gasteiger partial charge < -0.3 is 4.74 Å². The van der Waals surface area contributed by atoms with E-state index < -0.39 is 5.97 Å². The van der Waals surface area contributed by atoms with Crippen LogP contribution in [0.1, 0.15) is 10.4 Å².